The van der Waals surface area contributed by atoms with E-state index >= 15 is 0 Å². The van der Waals surface area contributed by atoms with Crippen molar-refractivity contribution in [2.75, 3.05) is 23.7 Å². The number of aryl methyl sites for hydroxylation is 1. The lowest BCUT2D eigenvalue weighted by molar-refractivity contribution is -0.116. The summed E-state index contributed by atoms with van der Waals surface area (Å²) < 4.78 is 13.9. The second kappa shape index (κ2) is 6.47. The van der Waals surface area contributed by atoms with E-state index in [2.05, 4.69) is 16.0 Å². The van der Waals surface area contributed by atoms with Gasteiger partial charge in [-0.3, -0.25) is 9.59 Å². The lowest BCUT2D eigenvalue weighted by atomic mass is 10.0. The van der Waals surface area contributed by atoms with E-state index in [0.29, 0.717) is 18.5 Å². The molecular weight excluding hydrogens is 261 g/mol. The molecule has 0 aromatic heterocycles. The van der Waals surface area contributed by atoms with Crippen LogP contribution in [0.1, 0.15) is 25.3 Å². The number of halogens is 1. The smallest absolute Gasteiger partial charge is 0.238 e. The van der Waals surface area contributed by atoms with E-state index < -0.39 is 5.82 Å². The monoisotopic (exact) mass is 279 g/mol. The summed E-state index contributed by atoms with van der Waals surface area (Å²) in [5, 5.41) is 8.13. The van der Waals surface area contributed by atoms with E-state index in [-0.39, 0.29) is 24.0 Å². The fourth-order valence-corrected chi connectivity index (χ4v) is 2.07. The maximum atomic E-state index is 13.9. The normalized spacial score (nSPS) is 13.6. The molecule has 1 heterocycles. The van der Waals surface area contributed by atoms with Crippen molar-refractivity contribution in [2.45, 2.75) is 26.2 Å². The van der Waals surface area contributed by atoms with Gasteiger partial charge in [-0.15, -0.1) is 0 Å². The average Bonchev–Trinajstić information content (AvgIpc) is 2.40. The Morgan fingerprint density at radius 2 is 2.20 bits per heavy atom. The quantitative estimate of drug-likeness (QED) is 0.718. The highest BCUT2D eigenvalue weighted by atomic mass is 19.1. The first kappa shape index (κ1) is 14.5. The van der Waals surface area contributed by atoms with Crippen molar-refractivity contribution in [2.24, 2.45) is 0 Å². The van der Waals surface area contributed by atoms with Crippen molar-refractivity contribution in [3.8, 4) is 0 Å². The number of hydrogen-bond acceptors (Lipinski definition) is 3. The summed E-state index contributed by atoms with van der Waals surface area (Å²) in [6.07, 6.45) is 1.80. The van der Waals surface area contributed by atoms with Gasteiger partial charge in [0.2, 0.25) is 11.8 Å². The molecule has 0 unspecified atom stereocenters. The molecule has 0 radical (unpaired) electrons. The number of nitrogens with one attached hydrogen (secondary N) is 3. The Kier molecular flexibility index (Phi) is 4.68. The molecule has 1 aliphatic heterocycles. The lowest BCUT2D eigenvalue weighted by Gasteiger charge is -2.18. The molecule has 0 aliphatic carbocycles. The summed E-state index contributed by atoms with van der Waals surface area (Å²) in [5.41, 5.74) is 1.41. The largest absolute Gasteiger partial charge is 0.326 e. The van der Waals surface area contributed by atoms with Crippen LogP contribution in [0.4, 0.5) is 15.8 Å². The molecular formula is C14H18FN3O2. The van der Waals surface area contributed by atoms with Gasteiger partial charge in [-0.2, -0.15) is 0 Å². The van der Waals surface area contributed by atoms with E-state index in [1.807, 2.05) is 6.92 Å². The predicted molar refractivity (Wildman–Crippen MR) is 75.1 cm³/mol. The number of benzene rings is 1. The second-order valence-electron chi connectivity index (χ2n) is 4.76. The van der Waals surface area contributed by atoms with Crippen molar-refractivity contribution in [1.82, 2.24) is 5.32 Å². The Labute approximate surface area is 116 Å². The molecule has 0 spiro atoms. The third kappa shape index (κ3) is 3.54. The van der Waals surface area contributed by atoms with Crippen molar-refractivity contribution in [1.29, 1.82) is 0 Å². The Hall–Kier alpha value is -1.95. The summed E-state index contributed by atoms with van der Waals surface area (Å²) >= 11 is 0. The van der Waals surface area contributed by atoms with Crippen LogP contribution in [-0.4, -0.2) is 24.9 Å². The molecule has 2 amide bonds. The number of amides is 2. The van der Waals surface area contributed by atoms with Gasteiger partial charge < -0.3 is 16.0 Å². The fraction of sp³-hybridized carbons (Fsp3) is 0.429. The summed E-state index contributed by atoms with van der Waals surface area (Å²) in [5.74, 6) is -0.880. The first-order valence-electron chi connectivity index (χ1n) is 6.73. The van der Waals surface area contributed by atoms with Gasteiger partial charge in [0.25, 0.3) is 0 Å². The number of anilines is 2. The number of carbonyl (C=O) groups is 2. The van der Waals surface area contributed by atoms with Crippen LogP contribution >= 0.6 is 0 Å². The van der Waals surface area contributed by atoms with Gasteiger partial charge in [0.15, 0.2) is 0 Å². The molecule has 1 aromatic rings. The fourth-order valence-electron chi connectivity index (χ4n) is 2.07. The highest BCUT2D eigenvalue weighted by molar-refractivity contribution is 5.97. The van der Waals surface area contributed by atoms with Gasteiger partial charge in [0.1, 0.15) is 5.82 Å². The van der Waals surface area contributed by atoms with Crippen LogP contribution in [0.2, 0.25) is 0 Å². The third-order valence-electron chi connectivity index (χ3n) is 3.07. The van der Waals surface area contributed by atoms with E-state index in [1.165, 1.54) is 12.1 Å². The molecule has 6 heteroatoms. The second-order valence-corrected chi connectivity index (χ2v) is 4.76. The Balaban J connectivity index is 2.06. The van der Waals surface area contributed by atoms with Crippen LogP contribution in [0, 0.1) is 5.82 Å². The van der Waals surface area contributed by atoms with Gasteiger partial charge in [0, 0.05) is 12.1 Å². The molecule has 3 N–H and O–H groups in total. The van der Waals surface area contributed by atoms with Crippen LogP contribution in [0.3, 0.4) is 0 Å². The highest BCUT2D eigenvalue weighted by Crippen LogP contribution is 2.28. The predicted octanol–water partition coefficient (Wildman–Crippen LogP) is 1.65. The number of hydrogen-bond donors (Lipinski definition) is 3. The van der Waals surface area contributed by atoms with Crippen LogP contribution in [0.25, 0.3) is 0 Å². The van der Waals surface area contributed by atoms with E-state index in [4.69, 9.17) is 0 Å². The number of fused-ring (bicyclic) bond motifs is 1. The zero-order valence-corrected chi connectivity index (χ0v) is 11.4. The molecule has 1 aromatic carbocycles. The minimum absolute atomic E-state index is 0.0917. The van der Waals surface area contributed by atoms with Crippen LogP contribution < -0.4 is 16.0 Å². The maximum absolute atomic E-state index is 13.9. The molecule has 2 rings (SSSR count). The Bertz CT molecular complexity index is 531. The van der Waals surface area contributed by atoms with Crippen LogP contribution in [0.5, 0.6) is 0 Å². The van der Waals surface area contributed by atoms with Gasteiger partial charge in [-0.1, -0.05) is 6.92 Å². The van der Waals surface area contributed by atoms with Gasteiger partial charge in [-0.25, -0.2) is 4.39 Å². The van der Waals surface area contributed by atoms with Crippen LogP contribution in [0.15, 0.2) is 12.1 Å². The minimum atomic E-state index is -0.483. The summed E-state index contributed by atoms with van der Waals surface area (Å²) in [6.45, 7) is 2.86. The van der Waals surface area contributed by atoms with Crippen molar-refractivity contribution in [3.63, 3.8) is 0 Å². The standard InChI is InChI=1S/C14H18FN3O2/c1-2-5-16-8-14(20)18-12-7-11-9(6-10(12)15)3-4-13(19)17-11/h6-7,16H,2-5,8H2,1H3,(H,17,19)(H,18,20). The molecule has 108 valence electrons. The molecule has 0 fully saturated rings. The highest BCUT2D eigenvalue weighted by Gasteiger charge is 2.18. The summed E-state index contributed by atoms with van der Waals surface area (Å²) in [4.78, 5) is 23.0. The molecule has 0 saturated heterocycles. The van der Waals surface area contributed by atoms with Crippen molar-refractivity contribution < 1.29 is 14.0 Å². The molecule has 0 bridgehead atoms. The number of rotatable bonds is 5. The van der Waals surface area contributed by atoms with E-state index in [9.17, 15) is 14.0 Å². The molecule has 0 atom stereocenters. The minimum Gasteiger partial charge on any atom is -0.326 e. The van der Waals surface area contributed by atoms with Crippen molar-refractivity contribution in [3.05, 3.63) is 23.5 Å². The first-order chi connectivity index (χ1) is 9.60. The van der Waals surface area contributed by atoms with Crippen molar-refractivity contribution >= 4 is 23.2 Å². The molecule has 5 nitrogen and oxygen atoms in total. The summed E-state index contributed by atoms with van der Waals surface area (Å²) in [6, 6.07) is 2.84. The Morgan fingerprint density at radius 3 is 2.95 bits per heavy atom. The lowest BCUT2D eigenvalue weighted by Crippen LogP contribution is -2.29. The SMILES string of the molecule is CCCNCC(=O)Nc1cc2c(cc1F)CCC(=O)N2. The molecule has 0 saturated carbocycles. The number of carbonyl (C=O) groups excluding carboxylic acids is 2. The zero-order chi connectivity index (χ0) is 14.5. The first-order valence-corrected chi connectivity index (χ1v) is 6.73. The summed E-state index contributed by atoms with van der Waals surface area (Å²) in [7, 11) is 0. The topological polar surface area (TPSA) is 70.2 Å². The van der Waals surface area contributed by atoms with Gasteiger partial charge in [0.05, 0.1) is 12.2 Å². The van der Waals surface area contributed by atoms with Gasteiger partial charge in [-0.05, 0) is 37.1 Å². The zero-order valence-electron chi connectivity index (χ0n) is 11.4. The third-order valence-corrected chi connectivity index (χ3v) is 3.07. The molecule has 20 heavy (non-hydrogen) atoms. The maximum Gasteiger partial charge on any atom is 0.238 e. The van der Waals surface area contributed by atoms with E-state index in [1.54, 1.807) is 0 Å². The van der Waals surface area contributed by atoms with Gasteiger partial charge >= 0.3 is 0 Å². The van der Waals surface area contributed by atoms with Crippen LogP contribution in [-0.2, 0) is 16.0 Å². The molecule has 1 aliphatic rings. The average molecular weight is 279 g/mol. The van der Waals surface area contributed by atoms with E-state index in [0.717, 1.165) is 18.5 Å². The Morgan fingerprint density at radius 1 is 1.40 bits per heavy atom.